The van der Waals surface area contributed by atoms with E-state index in [1.54, 1.807) is 25.1 Å². The molecular formula is C20H18FNO2. The van der Waals surface area contributed by atoms with Crippen molar-refractivity contribution in [3.8, 4) is 11.3 Å². The Hall–Kier alpha value is -2.88. The first-order valence-corrected chi connectivity index (χ1v) is 7.82. The van der Waals surface area contributed by atoms with E-state index in [2.05, 4.69) is 5.32 Å². The third kappa shape index (κ3) is 3.71. The Morgan fingerprint density at radius 2 is 1.79 bits per heavy atom. The molecule has 0 saturated heterocycles. The number of carbonyl (C=O) groups excluding carboxylic acids is 1. The highest BCUT2D eigenvalue weighted by Crippen LogP contribution is 2.25. The molecule has 24 heavy (non-hydrogen) atoms. The normalized spacial score (nSPS) is 10.6. The van der Waals surface area contributed by atoms with Crippen LogP contribution in [0, 0.1) is 12.7 Å². The van der Waals surface area contributed by atoms with Gasteiger partial charge in [-0.25, -0.2) is 4.39 Å². The number of amides is 1. The molecule has 0 unspecified atom stereocenters. The van der Waals surface area contributed by atoms with E-state index in [4.69, 9.17) is 4.42 Å². The van der Waals surface area contributed by atoms with E-state index in [9.17, 15) is 9.18 Å². The number of aryl methyl sites for hydroxylation is 1. The molecule has 122 valence electrons. The van der Waals surface area contributed by atoms with Crippen LogP contribution >= 0.6 is 0 Å². The van der Waals surface area contributed by atoms with Gasteiger partial charge in [0.25, 0.3) is 5.91 Å². The quantitative estimate of drug-likeness (QED) is 0.758. The highest BCUT2D eigenvalue weighted by atomic mass is 19.1. The number of hydrogen-bond donors (Lipinski definition) is 1. The molecule has 0 fully saturated rings. The van der Waals surface area contributed by atoms with Crippen molar-refractivity contribution in [2.45, 2.75) is 13.3 Å². The van der Waals surface area contributed by atoms with Crippen LogP contribution in [0.3, 0.4) is 0 Å². The summed E-state index contributed by atoms with van der Waals surface area (Å²) in [6.45, 7) is 2.30. The molecule has 1 amide bonds. The molecule has 0 spiro atoms. The van der Waals surface area contributed by atoms with E-state index in [-0.39, 0.29) is 11.7 Å². The van der Waals surface area contributed by atoms with Gasteiger partial charge >= 0.3 is 0 Å². The van der Waals surface area contributed by atoms with Crippen LogP contribution in [0.5, 0.6) is 0 Å². The molecule has 2 aromatic carbocycles. The van der Waals surface area contributed by atoms with Crippen molar-refractivity contribution in [2.24, 2.45) is 0 Å². The van der Waals surface area contributed by atoms with Crippen LogP contribution in [-0.4, -0.2) is 12.5 Å². The first-order valence-electron chi connectivity index (χ1n) is 7.82. The van der Waals surface area contributed by atoms with Gasteiger partial charge in [0.1, 0.15) is 17.3 Å². The van der Waals surface area contributed by atoms with Gasteiger partial charge < -0.3 is 9.73 Å². The molecule has 0 aliphatic heterocycles. The zero-order chi connectivity index (χ0) is 16.9. The second-order valence-corrected chi connectivity index (χ2v) is 5.58. The van der Waals surface area contributed by atoms with Gasteiger partial charge in [0.2, 0.25) is 0 Å². The Labute approximate surface area is 140 Å². The summed E-state index contributed by atoms with van der Waals surface area (Å²) in [6, 6.07) is 17.7. The molecule has 3 nitrogen and oxygen atoms in total. The lowest BCUT2D eigenvalue weighted by atomic mass is 10.1. The summed E-state index contributed by atoms with van der Waals surface area (Å²) in [6.07, 6.45) is 0.772. The van der Waals surface area contributed by atoms with E-state index in [1.807, 2.05) is 30.3 Å². The van der Waals surface area contributed by atoms with Gasteiger partial charge in [-0.15, -0.1) is 0 Å². The molecule has 0 atom stereocenters. The smallest absolute Gasteiger partial charge is 0.254 e. The van der Waals surface area contributed by atoms with Crippen LogP contribution < -0.4 is 5.32 Å². The Balaban J connectivity index is 1.66. The van der Waals surface area contributed by atoms with E-state index < -0.39 is 0 Å². The highest BCUT2D eigenvalue weighted by Gasteiger charge is 2.15. The first-order chi connectivity index (χ1) is 11.6. The van der Waals surface area contributed by atoms with Gasteiger partial charge in [-0.05, 0) is 49.2 Å². The second kappa shape index (κ2) is 7.13. The number of hydrogen-bond acceptors (Lipinski definition) is 2. The third-order valence-corrected chi connectivity index (χ3v) is 3.83. The predicted molar refractivity (Wildman–Crippen MR) is 91.3 cm³/mol. The third-order valence-electron chi connectivity index (χ3n) is 3.83. The zero-order valence-electron chi connectivity index (χ0n) is 13.4. The topological polar surface area (TPSA) is 42.2 Å². The van der Waals surface area contributed by atoms with E-state index in [1.165, 1.54) is 17.7 Å². The molecule has 1 N–H and O–H groups in total. The molecule has 4 heteroatoms. The fourth-order valence-corrected chi connectivity index (χ4v) is 2.52. The fourth-order valence-electron chi connectivity index (χ4n) is 2.52. The van der Waals surface area contributed by atoms with Gasteiger partial charge in [0.05, 0.1) is 5.56 Å². The van der Waals surface area contributed by atoms with Gasteiger partial charge in [-0.2, -0.15) is 0 Å². The Kier molecular flexibility index (Phi) is 4.75. The predicted octanol–water partition coefficient (Wildman–Crippen LogP) is 4.37. The molecule has 1 aromatic heterocycles. The fraction of sp³-hybridized carbons (Fsp3) is 0.150. The summed E-state index contributed by atoms with van der Waals surface area (Å²) in [5.74, 6) is 0.633. The van der Waals surface area contributed by atoms with Crippen molar-refractivity contribution in [1.82, 2.24) is 5.32 Å². The largest absolute Gasteiger partial charge is 0.461 e. The lowest BCUT2D eigenvalue weighted by molar-refractivity contribution is 0.0952. The standard InChI is InChI=1S/C20H18FNO2/c1-14-18(13-19(24-14)16-7-9-17(21)10-8-16)20(23)22-12-11-15-5-3-2-4-6-15/h2-10,13H,11-12H2,1H3,(H,22,23). The summed E-state index contributed by atoms with van der Waals surface area (Å²) in [7, 11) is 0. The summed E-state index contributed by atoms with van der Waals surface area (Å²) in [5, 5.41) is 2.90. The lowest BCUT2D eigenvalue weighted by Crippen LogP contribution is -2.25. The van der Waals surface area contributed by atoms with Gasteiger partial charge in [0.15, 0.2) is 0 Å². The Bertz CT molecular complexity index is 823. The van der Waals surface area contributed by atoms with Crippen molar-refractivity contribution in [3.63, 3.8) is 0 Å². The maximum absolute atomic E-state index is 13.0. The van der Waals surface area contributed by atoms with Crippen molar-refractivity contribution in [1.29, 1.82) is 0 Å². The molecule has 3 aromatic rings. The Morgan fingerprint density at radius 3 is 2.50 bits per heavy atom. The first kappa shape index (κ1) is 16.0. The maximum atomic E-state index is 13.0. The van der Waals surface area contributed by atoms with Crippen molar-refractivity contribution >= 4 is 5.91 Å². The average Bonchev–Trinajstić information content (AvgIpc) is 2.98. The lowest BCUT2D eigenvalue weighted by Gasteiger charge is -2.04. The molecule has 3 rings (SSSR count). The molecule has 0 aliphatic carbocycles. The minimum atomic E-state index is -0.305. The van der Waals surface area contributed by atoms with Gasteiger partial charge in [-0.3, -0.25) is 4.79 Å². The van der Waals surface area contributed by atoms with E-state index in [0.717, 1.165) is 12.0 Å². The number of furan rings is 1. The van der Waals surface area contributed by atoms with Gasteiger partial charge in [-0.1, -0.05) is 30.3 Å². The minimum Gasteiger partial charge on any atom is -0.461 e. The molecule has 0 bridgehead atoms. The monoisotopic (exact) mass is 323 g/mol. The summed E-state index contributed by atoms with van der Waals surface area (Å²) in [4.78, 5) is 12.3. The molecular weight excluding hydrogens is 305 g/mol. The summed E-state index contributed by atoms with van der Waals surface area (Å²) < 4.78 is 18.6. The summed E-state index contributed by atoms with van der Waals surface area (Å²) in [5.41, 5.74) is 2.42. The van der Waals surface area contributed by atoms with Crippen molar-refractivity contribution in [2.75, 3.05) is 6.54 Å². The SMILES string of the molecule is Cc1oc(-c2ccc(F)cc2)cc1C(=O)NCCc1ccccc1. The minimum absolute atomic E-state index is 0.166. The van der Waals surface area contributed by atoms with Gasteiger partial charge in [0, 0.05) is 12.1 Å². The van der Waals surface area contributed by atoms with Crippen molar-refractivity contribution < 1.29 is 13.6 Å². The summed E-state index contributed by atoms with van der Waals surface area (Å²) >= 11 is 0. The van der Waals surface area contributed by atoms with E-state index >= 15 is 0 Å². The zero-order valence-corrected chi connectivity index (χ0v) is 13.4. The molecule has 0 saturated carbocycles. The molecule has 0 radical (unpaired) electrons. The van der Waals surface area contributed by atoms with Crippen LogP contribution in [0.15, 0.2) is 65.1 Å². The van der Waals surface area contributed by atoms with Crippen LogP contribution in [0.4, 0.5) is 4.39 Å². The number of rotatable bonds is 5. The number of halogens is 1. The molecule has 1 heterocycles. The van der Waals surface area contributed by atoms with Crippen LogP contribution in [0.2, 0.25) is 0 Å². The van der Waals surface area contributed by atoms with E-state index in [0.29, 0.717) is 23.6 Å². The highest BCUT2D eigenvalue weighted by molar-refractivity contribution is 5.96. The van der Waals surface area contributed by atoms with Crippen LogP contribution in [-0.2, 0) is 6.42 Å². The average molecular weight is 323 g/mol. The number of carbonyl (C=O) groups is 1. The molecule has 0 aliphatic rings. The number of nitrogens with one attached hydrogen (secondary N) is 1. The maximum Gasteiger partial charge on any atom is 0.254 e. The second-order valence-electron chi connectivity index (χ2n) is 5.58. The number of benzene rings is 2. The van der Waals surface area contributed by atoms with Crippen LogP contribution in [0.25, 0.3) is 11.3 Å². The van der Waals surface area contributed by atoms with Crippen molar-refractivity contribution in [3.05, 3.63) is 83.4 Å². The Morgan fingerprint density at radius 1 is 1.08 bits per heavy atom. The van der Waals surface area contributed by atoms with Crippen LogP contribution in [0.1, 0.15) is 21.7 Å².